The third-order valence-corrected chi connectivity index (χ3v) is 21.8. The van der Waals surface area contributed by atoms with Gasteiger partial charge in [0.25, 0.3) is 0 Å². The number of likely N-dealkylation sites (N-methyl/N-ethyl adjacent to an activating group) is 2. The fraction of sp³-hybridized carbons (Fsp3) is 0.588. The lowest BCUT2D eigenvalue weighted by Crippen LogP contribution is -2.88. The van der Waals surface area contributed by atoms with E-state index in [-0.39, 0.29) is 48.2 Å². The van der Waals surface area contributed by atoms with Crippen molar-refractivity contribution in [3.8, 4) is 23.0 Å². The van der Waals surface area contributed by atoms with Crippen LogP contribution in [0.4, 0.5) is 0 Å². The Bertz CT molecular complexity index is 3560. The summed E-state index contributed by atoms with van der Waals surface area (Å²) in [5.74, 6) is -0.588. The monoisotopic (exact) mass is 1370 g/mol. The number of allylic oxidation sites excluding steroid dienone is 4. The number of phenolic OH excluding ortho intramolecular Hbond substituents is 2. The molecule has 22 atom stereocenters. The minimum atomic E-state index is -2.47. The molecule has 30 nitrogen and oxygen atoms in total. The fourth-order valence-electron chi connectivity index (χ4n) is 17.5. The topological polar surface area (TPSA) is 460 Å². The van der Waals surface area contributed by atoms with Gasteiger partial charge in [0.2, 0.25) is 0 Å². The Balaban J connectivity index is 1.25. The van der Waals surface area contributed by atoms with E-state index >= 15 is 10.2 Å². The molecule has 0 spiro atoms. The maximum absolute atomic E-state index is 15.9. The third-order valence-electron chi connectivity index (χ3n) is 21.8. The molecule has 2 aromatic carbocycles. The van der Waals surface area contributed by atoms with Crippen molar-refractivity contribution in [1.82, 2.24) is 9.80 Å². The van der Waals surface area contributed by atoms with Crippen LogP contribution in [0.5, 0.6) is 23.0 Å². The average molecular weight is 1370 g/mol. The molecule has 12 rings (SSSR count). The van der Waals surface area contributed by atoms with Gasteiger partial charge < -0.3 is 108 Å². The van der Waals surface area contributed by atoms with Crippen molar-refractivity contribution in [1.29, 1.82) is 0 Å². The highest BCUT2D eigenvalue weighted by Crippen LogP contribution is 2.67. The summed E-state index contributed by atoms with van der Waals surface area (Å²) in [5.41, 5.74) is -9.81. The van der Waals surface area contributed by atoms with E-state index < -0.39 is 260 Å². The molecule has 0 amide bonds. The van der Waals surface area contributed by atoms with Gasteiger partial charge in [0.05, 0.1) is 106 Å². The normalized spacial score (nSPS) is 37.7. The molecule has 30 heteroatoms. The molecule has 2 aromatic rings. The Hall–Kier alpha value is -6.44. The van der Waals surface area contributed by atoms with Gasteiger partial charge in [-0.05, 0) is 104 Å². The van der Waals surface area contributed by atoms with Gasteiger partial charge in [0.15, 0.2) is 59.7 Å². The first-order valence-corrected chi connectivity index (χ1v) is 33.0. The van der Waals surface area contributed by atoms with Gasteiger partial charge in [0, 0.05) is 62.2 Å². The van der Waals surface area contributed by atoms with E-state index in [4.69, 9.17) is 59.1 Å². The van der Waals surface area contributed by atoms with Crippen LogP contribution >= 0.6 is 0 Å². The number of aromatic hydroxyl groups is 2. The first-order chi connectivity index (χ1) is 46.4. The number of carbonyl (C=O) groups excluding carboxylic acids is 4. The maximum atomic E-state index is 15.9. The highest BCUT2D eigenvalue weighted by atomic mass is 16.7. The molecule has 0 aromatic heterocycles. The van der Waals surface area contributed by atoms with E-state index in [0.29, 0.717) is 0 Å². The molecule has 4 saturated heterocycles. The SMILES string of the molecule is CC[C@@]1(O[C@@H]2C[C@@H](OC)[C@H](O)[C@@H](C)O2)[C@H](O[C@@H]2C[C@H](O)[C@@H](N(C)C)[C@H](C)O2)C2=C([NH2+]N)c3c(O)c4c(c([O-])c3C2=C(O)[C@@H]1[C@H]1C(O)=C2C(=C([NH2+]N)c3c(O)c5c(c([O-])c32)C(=O)C=CC5=O)[C@@H](O[C@H]2C[C@@H](O)[C@H](N(C)C)[C@@H](C)O2)[C@@]1(CC)O[C@H]1C[C@H](OC)[C@@H](O)[C@H](C)O1)C(=O)C=CC4=O. The van der Waals surface area contributed by atoms with Crippen molar-refractivity contribution >= 4 is 45.7 Å². The largest absolute Gasteiger partial charge is 0.872 e. The number of hydrogen-bond donors (Lipinski definition) is 12. The molecule has 10 aliphatic rings. The molecule has 4 fully saturated rings. The number of rotatable bonds is 17. The summed E-state index contributed by atoms with van der Waals surface area (Å²) in [6.07, 6.45) is -19.0. The van der Waals surface area contributed by atoms with Gasteiger partial charge >= 0.3 is 0 Å². The van der Waals surface area contributed by atoms with Crippen LogP contribution in [0.25, 0.3) is 22.5 Å². The van der Waals surface area contributed by atoms with Crippen molar-refractivity contribution < 1.29 is 128 Å². The Morgan fingerprint density at radius 1 is 0.510 bits per heavy atom. The lowest BCUT2D eigenvalue weighted by atomic mass is 9.56. The summed E-state index contributed by atoms with van der Waals surface area (Å²) in [7, 11) is 9.70. The number of aliphatic hydroxyl groups excluding tert-OH is 6. The minimum Gasteiger partial charge on any atom is -0.872 e. The number of phenols is 2. The summed E-state index contributed by atoms with van der Waals surface area (Å²) < 4.78 is 68.5. The third kappa shape index (κ3) is 10.8. The number of ketones is 4. The fourth-order valence-corrected chi connectivity index (χ4v) is 17.5. The molecule has 4 heterocycles. The number of ether oxygens (including phenoxy) is 10. The number of carbonyl (C=O) groups is 4. The maximum Gasteiger partial charge on any atom is 0.190 e. The molecule has 534 valence electrons. The van der Waals surface area contributed by atoms with Crippen LogP contribution in [0.3, 0.4) is 0 Å². The number of aliphatic hydroxyl groups is 6. The van der Waals surface area contributed by atoms with Crippen molar-refractivity contribution in [3.05, 3.63) is 91.5 Å². The Morgan fingerprint density at radius 3 is 1.13 bits per heavy atom. The summed E-state index contributed by atoms with van der Waals surface area (Å²) in [6, 6.07) is -1.25. The van der Waals surface area contributed by atoms with Crippen LogP contribution in [-0.4, -0.2) is 238 Å². The van der Waals surface area contributed by atoms with Crippen molar-refractivity contribution in [2.45, 2.75) is 202 Å². The molecular weight excluding hydrogens is 1280 g/mol. The number of methoxy groups -OCH3 is 2. The van der Waals surface area contributed by atoms with Gasteiger partial charge in [0.1, 0.15) is 58.6 Å². The second-order valence-corrected chi connectivity index (χ2v) is 27.4. The van der Waals surface area contributed by atoms with Crippen LogP contribution in [0.1, 0.15) is 144 Å². The predicted octanol–water partition coefficient (Wildman–Crippen LogP) is -1.09. The van der Waals surface area contributed by atoms with Crippen LogP contribution in [-0.2, 0) is 47.4 Å². The Labute approximate surface area is 564 Å². The molecule has 16 N–H and O–H groups in total. The number of hydrogen-bond acceptors (Lipinski definition) is 28. The average Bonchev–Trinajstić information content (AvgIpc) is 1.59. The zero-order valence-electron chi connectivity index (χ0n) is 56.4. The van der Waals surface area contributed by atoms with E-state index in [2.05, 4.69) is 0 Å². The summed E-state index contributed by atoms with van der Waals surface area (Å²) in [4.78, 5) is 59.9. The molecule has 0 unspecified atom stereocenters. The van der Waals surface area contributed by atoms with Gasteiger partial charge in [-0.1, -0.05) is 25.3 Å². The van der Waals surface area contributed by atoms with Crippen LogP contribution < -0.4 is 32.7 Å². The predicted molar refractivity (Wildman–Crippen MR) is 337 cm³/mol. The molecular formula is C68H88N6O24. The number of quaternary nitrogens is 2. The zero-order valence-corrected chi connectivity index (χ0v) is 56.4. The van der Waals surface area contributed by atoms with Gasteiger partial charge in [-0.25, -0.2) is 10.9 Å². The molecule has 0 radical (unpaired) electrons. The summed E-state index contributed by atoms with van der Waals surface area (Å²) in [5, 5.41) is 134. The second kappa shape index (κ2) is 26.5. The zero-order chi connectivity index (χ0) is 71.1. The molecule has 98 heavy (non-hydrogen) atoms. The van der Waals surface area contributed by atoms with E-state index in [1.165, 1.54) is 14.2 Å². The van der Waals surface area contributed by atoms with Crippen molar-refractivity contribution in [3.63, 3.8) is 0 Å². The van der Waals surface area contributed by atoms with E-state index in [9.17, 15) is 60.0 Å². The highest BCUT2D eigenvalue weighted by molar-refractivity contribution is 6.27. The molecule has 0 bridgehead atoms. The lowest BCUT2D eigenvalue weighted by Gasteiger charge is -2.59. The molecule has 0 saturated carbocycles. The summed E-state index contributed by atoms with van der Waals surface area (Å²) >= 11 is 0. The number of nitrogens with two attached hydrogens (primary N) is 4. The molecule has 6 aliphatic carbocycles. The first kappa shape index (κ1) is 71.4. The highest BCUT2D eigenvalue weighted by Gasteiger charge is 2.71. The van der Waals surface area contributed by atoms with Crippen LogP contribution in [0, 0.1) is 11.8 Å². The first-order valence-electron chi connectivity index (χ1n) is 33.0. The van der Waals surface area contributed by atoms with Crippen molar-refractivity contribution in [2.24, 2.45) is 23.5 Å². The Kier molecular flexibility index (Phi) is 19.3. The quantitative estimate of drug-likeness (QED) is 0.0661. The smallest absolute Gasteiger partial charge is 0.190 e. The van der Waals surface area contributed by atoms with E-state index in [0.717, 1.165) is 35.2 Å². The number of nitrogens with zero attached hydrogens (tertiary/aromatic N) is 2. The van der Waals surface area contributed by atoms with Crippen molar-refractivity contribution in [2.75, 3.05) is 42.4 Å². The van der Waals surface area contributed by atoms with Crippen LogP contribution in [0.15, 0.2) is 47.0 Å². The van der Waals surface area contributed by atoms with Crippen LogP contribution in [0.2, 0.25) is 0 Å². The number of fused-ring (bicyclic) bond motifs is 8. The number of benzene rings is 2. The van der Waals surface area contributed by atoms with Gasteiger partial charge in [-0.2, -0.15) is 11.7 Å². The summed E-state index contributed by atoms with van der Waals surface area (Å²) in [6.45, 7) is 9.74. The van der Waals surface area contributed by atoms with Gasteiger partial charge in [-0.3, -0.25) is 19.2 Å². The lowest BCUT2D eigenvalue weighted by molar-refractivity contribution is -0.576. The van der Waals surface area contributed by atoms with E-state index in [1.54, 1.807) is 79.5 Å². The second-order valence-electron chi connectivity index (χ2n) is 27.4. The van der Waals surface area contributed by atoms with Gasteiger partial charge in [-0.15, -0.1) is 0 Å². The molecule has 4 aliphatic heterocycles. The standard InChI is InChI=1S/C68H88N6O24/c1-13-67(97-37-21-33(89-11)57(81)25(5)93-37)51(63(87)45-43-47(61(85)41-29(77)17-15-27(75)39(41)59(43)83)53(71-69)49(45)65(67)95-35-19-31(79)55(73(7)8)23(3)91-35)52-64(88)46-44-48(62(86)42-30(78)18-16-28(76)40(42)60(44)84)54(72-70)50(46)66(96-36-20-32(80)56(74(9)10)24(4)92-36)68(52,14-2)98-38-22-34(90-12)58(82)26(6)94-38/h15-18,23-26,31-38,51-52,55-58,65-66,71-72,79-88H,13-14,19-22,69-70H2,1-12H3/t23-,24+,25+,26-,31-,32+,33+,34-,35+,36-,37+,38-,51-,52-,55-,56+,57+,58-,65+,66+,67-,68-/m0/s1. The minimum absolute atomic E-state index is 0.219. The Morgan fingerprint density at radius 2 is 0.837 bits per heavy atom. The van der Waals surface area contributed by atoms with E-state index in [1.807, 2.05) is 0 Å².